The van der Waals surface area contributed by atoms with Crippen molar-refractivity contribution < 1.29 is 22.8 Å². The summed E-state index contributed by atoms with van der Waals surface area (Å²) in [5.74, 6) is 0.865. The molecule has 144 valence electrons. The Kier molecular flexibility index (Phi) is 6.35. The summed E-state index contributed by atoms with van der Waals surface area (Å²) < 4.78 is 36.0. The van der Waals surface area contributed by atoms with Crippen molar-refractivity contribution in [2.24, 2.45) is 0 Å². The molecule has 1 aliphatic heterocycles. The summed E-state index contributed by atoms with van der Waals surface area (Å²) in [5, 5.41) is 3.49. The van der Waals surface area contributed by atoms with Crippen LogP contribution in [0.25, 0.3) is 0 Å². The zero-order valence-electron chi connectivity index (χ0n) is 14.6. The fourth-order valence-corrected chi connectivity index (χ4v) is 2.59. The molecule has 1 aromatic rings. The van der Waals surface area contributed by atoms with Crippen LogP contribution in [0.3, 0.4) is 0 Å². The maximum atomic E-state index is 12.0. The second-order valence-electron chi connectivity index (χ2n) is 6.02. The SMILES string of the molecule is Cc1cc(N2CCN(CC(=O)NC(=O)NCC(F)(F)F)CC2)nc(C)n1. The van der Waals surface area contributed by atoms with Gasteiger partial charge in [0.05, 0.1) is 6.54 Å². The van der Waals surface area contributed by atoms with Gasteiger partial charge in [0.2, 0.25) is 5.91 Å². The van der Waals surface area contributed by atoms with E-state index in [0.29, 0.717) is 32.0 Å². The van der Waals surface area contributed by atoms with Crippen molar-refractivity contribution in [2.45, 2.75) is 20.0 Å². The Morgan fingerprint density at radius 2 is 1.81 bits per heavy atom. The first-order valence-corrected chi connectivity index (χ1v) is 8.06. The molecule has 0 unspecified atom stereocenters. The van der Waals surface area contributed by atoms with Gasteiger partial charge in [0, 0.05) is 37.9 Å². The van der Waals surface area contributed by atoms with E-state index in [9.17, 15) is 22.8 Å². The van der Waals surface area contributed by atoms with Crippen LogP contribution in [0.4, 0.5) is 23.8 Å². The molecule has 0 bridgehead atoms. The molecule has 0 saturated carbocycles. The minimum atomic E-state index is -4.52. The zero-order valence-corrected chi connectivity index (χ0v) is 14.6. The first-order chi connectivity index (χ1) is 12.1. The number of aryl methyl sites for hydroxylation is 2. The lowest BCUT2D eigenvalue weighted by molar-refractivity contribution is -0.125. The van der Waals surface area contributed by atoms with Gasteiger partial charge in [-0.15, -0.1) is 0 Å². The first kappa shape index (κ1) is 19.9. The number of alkyl halides is 3. The number of anilines is 1. The van der Waals surface area contributed by atoms with E-state index in [1.165, 1.54) is 0 Å². The predicted molar refractivity (Wildman–Crippen MR) is 87.8 cm³/mol. The Morgan fingerprint density at radius 1 is 1.15 bits per heavy atom. The Morgan fingerprint density at radius 3 is 2.38 bits per heavy atom. The van der Waals surface area contributed by atoms with E-state index in [1.54, 1.807) is 5.32 Å². The first-order valence-electron chi connectivity index (χ1n) is 8.06. The lowest BCUT2D eigenvalue weighted by Gasteiger charge is -2.35. The highest BCUT2D eigenvalue weighted by Gasteiger charge is 2.28. The van der Waals surface area contributed by atoms with E-state index < -0.39 is 24.7 Å². The van der Waals surface area contributed by atoms with Gasteiger partial charge in [-0.25, -0.2) is 14.8 Å². The Bertz CT molecular complexity index is 639. The van der Waals surface area contributed by atoms with Crippen molar-refractivity contribution in [2.75, 3.05) is 44.2 Å². The van der Waals surface area contributed by atoms with Gasteiger partial charge in [0.1, 0.15) is 18.2 Å². The average molecular weight is 374 g/mol. The smallest absolute Gasteiger partial charge is 0.354 e. The van der Waals surface area contributed by atoms with Crippen LogP contribution in [0.5, 0.6) is 0 Å². The quantitative estimate of drug-likeness (QED) is 0.802. The van der Waals surface area contributed by atoms with E-state index in [0.717, 1.165) is 11.5 Å². The Balaban J connectivity index is 1.76. The van der Waals surface area contributed by atoms with Gasteiger partial charge in [-0.05, 0) is 13.8 Å². The number of aromatic nitrogens is 2. The Hall–Kier alpha value is -2.43. The highest BCUT2D eigenvalue weighted by Crippen LogP contribution is 2.15. The molecule has 11 heteroatoms. The molecule has 8 nitrogen and oxygen atoms in total. The molecule has 3 amide bonds. The highest BCUT2D eigenvalue weighted by atomic mass is 19.4. The van der Waals surface area contributed by atoms with E-state index in [1.807, 2.05) is 30.1 Å². The number of hydrogen-bond donors (Lipinski definition) is 2. The van der Waals surface area contributed by atoms with Crippen LogP contribution in [0, 0.1) is 13.8 Å². The summed E-state index contributed by atoms with van der Waals surface area (Å²) in [4.78, 5) is 35.5. The van der Waals surface area contributed by atoms with Gasteiger partial charge < -0.3 is 10.2 Å². The molecular formula is C15H21F3N6O2. The molecule has 26 heavy (non-hydrogen) atoms. The number of amides is 3. The summed E-state index contributed by atoms with van der Waals surface area (Å²) in [6.45, 7) is 4.59. The molecule has 1 fully saturated rings. The zero-order chi connectivity index (χ0) is 19.3. The van der Waals surface area contributed by atoms with Crippen molar-refractivity contribution in [3.05, 3.63) is 17.6 Å². The number of nitrogens with one attached hydrogen (secondary N) is 2. The topological polar surface area (TPSA) is 90.5 Å². The third kappa shape index (κ3) is 6.47. The molecular weight excluding hydrogens is 353 g/mol. The molecule has 2 rings (SSSR count). The molecule has 1 saturated heterocycles. The van der Waals surface area contributed by atoms with Crippen molar-refractivity contribution in [1.29, 1.82) is 0 Å². The number of imide groups is 1. The van der Waals surface area contributed by atoms with Gasteiger partial charge in [-0.3, -0.25) is 15.0 Å². The number of halogens is 3. The van der Waals surface area contributed by atoms with Crippen LogP contribution in [-0.2, 0) is 4.79 Å². The van der Waals surface area contributed by atoms with Crippen molar-refractivity contribution >= 4 is 17.8 Å². The minimum absolute atomic E-state index is 0.0604. The van der Waals surface area contributed by atoms with Crippen LogP contribution in [0.15, 0.2) is 6.07 Å². The molecule has 0 aromatic carbocycles. The third-order valence-corrected chi connectivity index (χ3v) is 3.72. The van der Waals surface area contributed by atoms with E-state index in [-0.39, 0.29) is 6.54 Å². The van der Waals surface area contributed by atoms with Crippen LogP contribution in [0.2, 0.25) is 0 Å². The average Bonchev–Trinajstić information content (AvgIpc) is 2.52. The lowest BCUT2D eigenvalue weighted by Crippen LogP contribution is -2.51. The largest absolute Gasteiger partial charge is 0.405 e. The lowest BCUT2D eigenvalue weighted by atomic mass is 10.3. The van der Waals surface area contributed by atoms with E-state index >= 15 is 0 Å². The standard InChI is InChI=1S/C15H21F3N6O2/c1-10-7-12(21-11(2)20-10)24-5-3-23(4-6-24)8-13(25)22-14(26)19-9-15(16,17)18/h7H,3-6,8-9H2,1-2H3,(H2,19,22,25,26). The summed E-state index contributed by atoms with van der Waals surface area (Å²) >= 11 is 0. The van der Waals surface area contributed by atoms with Crippen LogP contribution >= 0.6 is 0 Å². The minimum Gasteiger partial charge on any atom is -0.354 e. The van der Waals surface area contributed by atoms with Crippen molar-refractivity contribution in [3.63, 3.8) is 0 Å². The van der Waals surface area contributed by atoms with Crippen molar-refractivity contribution in [3.8, 4) is 0 Å². The highest BCUT2D eigenvalue weighted by molar-refractivity contribution is 5.95. The number of rotatable bonds is 4. The maximum absolute atomic E-state index is 12.0. The van der Waals surface area contributed by atoms with Crippen LogP contribution in [0.1, 0.15) is 11.5 Å². The van der Waals surface area contributed by atoms with Crippen molar-refractivity contribution in [1.82, 2.24) is 25.5 Å². The summed E-state index contributed by atoms with van der Waals surface area (Å²) in [6.07, 6.45) is -4.52. The van der Waals surface area contributed by atoms with Crippen LogP contribution < -0.4 is 15.5 Å². The second-order valence-corrected chi connectivity index (χ2v) is 6.02. The summed E-state index contributed by atoms with van der Waals surface area (Å²) in [7, 11) is 0. The number of nitrogens with zero attached hydrogens (tertiary/aromatic N) is 4. The third-order valence-electron chi connectivity index (χ3n) is 3.72. The van der Waals surface area contributed by atoms with E-state index in [4.69, 9.17) is 0 Å². The summed E-state index contributed by atoms with van der Waals surface area (Å²) in [6, 6.07) is 0.735. The molecule has 0 spiro atoms. The number of carbonyl (C=O) groups excluding carboxylic acids is 2. The fraction of sp³-hybridized carbons (Fsp3) is 0.600. The normalized spacial score (nSPS) is 15.7. The van der Waals surface area contributed by atoms with Gasteiger partial charge in [-0.1, -0.05) is 0 Å². The van der Waals surface area contributed by atoms with Gasteiger partial charge >= 0.3 is 12.2 Å². The van der Waals surface area contributed by atoms with Gasteiger partial charge in [0.25, 0.3) is 0 Å². The molecule has 1 aromatic heterocycles. The fourth-order valence-electron chi connectivity index (χ4n) is 2.59. The van der Waals surface area contributed by atoms with Gasteiger partial charge in [0.15, 0.2) is 0 Å². The predicted octanol–water partition coefficient (Wildman–Crippen LogP) is 0.604. The maximum Gasteiger partial charge on any atom is 0.405 e. The number of urea groups is 1. The summed E-state index contributed by atoms with van der Waals surface area (Å²) in [5.41, 5.74) is 0.874. The second kappa shape index (κ2) is 8.30. The van der Waals surface area contributed by atoms with Gasteiger partial charge in [-0.2, -0.15) is 13.2 Å². The van der Waals surface area contributed by atoms with Crippen LogP contribution in [-0.4, -0.2) is 72.3 Å². The monoisotopic (exact) mass is 374 g/mol. The molecule has 2 heterocycles. The van der Waals surface area contributed by atoms with E-state index in [2.05, 4.69) is 14.9 Å². The molecule has 0 aliphatic carbocycles. The number of piperazine rings is 1. The molecule has 1 aliphatic rings. The Labute approximate surface area is 148 Å². The molecule has 0 radical (unpaired) electrons. The molecule has 0 atom stereocenters. The number of carbonyl (C=O) groups is 2. The molecule has 2 N–H and O–H groups in total. The number of hydrogen-bond acceptors (Lipinski definition) is 6.